The van der Waals surface area contributed by atoms with Crippen molar-refractivity contribution in [2.45, 2.75) is 44.9 Å². The summed E-state index contributed by atoms with van der Waals surface area (Å²) in [4.78, 5) is 9.45. The minimum atomic E-state index is -0.457. The Morgan fingerprint density at radius 1 is 1.20 bits per heavy atom. The molecule has 3 rings (SSSR count). The molecule has 0 bridgehead atoms. The van der Waals surface area contributed by atoms with Gasteiger partial charge in [-0.2, -0.15) is 0 Å². The first-order valence-electron chi connectivity index (χ1n) is 11.4. The second-order valence-corrected chi connectivity index (χ2v) is 8.38. The van der Waals surface area contributed by atoms with E-state index < -0.39 is 6.10 Å². The molecule has 1 atom stereocenters. The van der Waals surface area contributed by atoms with Gasteiger partial charge in [0.1, 0.15) is 0 Å². The van der Waals surface area contributed by atoms with Crippen LogP contribution in [0.4, 0.5) is 0 Å². The van der Waals surface area contributed by atoms with Crippen molar-refractivity contribution in [3.05, 3.63) is 35.4 Å². The number of rotatable bonds is 9. The number of guanidine groups is 1. The van der Waals surface area contributed by atoms with Crippen molar-refractivity contribution in [3.63, 3.8) is 0 Å². The number of hydrogen-bond donors (Lipinski definition) is 3. The molecule has 1 aromatic rings. The Morgan fingerprint density at radius 2 is 1.97 bits per heavy atom. The first-order valence-corrected chi connectivity index (χ1v) is 11.4. The second-order valence-electron chi connectivity index (χ2n) is 8.38. The van der Waals surface area contributed by atoms with E-state index in [1.807, 2.05) is 0 Å². The van der Waals surface area contributed by atoms with Crippen LogP contribution in [-0.4, -0.2) is 92.5 Å². The number of benzene rings is 1. The Kier molecular flexibility index (Phi) is 9.39. The lowest BCUT2D eigenvalue weighted by Crippen LogP contribution is -2.49. The van der Waals surface area contributed by atoms with E-state index in [0.717, 1.165) is 71.1 Å². The molecule has 0 amide bonds. The lowest BCUT2D eigenvalue weighted by atomic mass is 10.00. The van der Waals surface area contributed by atoms with E-state index in [2.05, 4.69) is 56.6 Å². The molecule has 1 saturated heterocycles. The highest BCUT2D eigenvalue weighted by molar-refractivity contribution is 5.80. The highest BCUT2D eigenvalue weighted by Crippen LogP contribution is 2.18. The van der Waals surface area contributed by atoms with Gasteiger partial charge in [0.05, 0.1) is 19.3 Å². The number of methoxy groups -OCH3 is 1. The summed E-state index contributed by atoms with van der Waals surface area (Å²) in [7, 11) is 1.76. The van der Waals surface area contributed by atoms with Crippen LogP contribution in [-0.2, 0) is 17.7 Å². The number of nitrogens with one attached hydrogen (secondary N) is 2. The zero-order chi connectivity index (χ0) is 21.2. The van der Waals surface area contributed by atoms with Crippen LogP contribution in [0.3, 0.4) is 0 Å². The summed E-state index contributed by atoms with van der Waals surface area (Å²) in [5.74, 6) is 0.816. The predicted molar refractivity (Wildman–Crippen MR) is 122 cm³/mol. The summed E-state index contributed by atoms with van der Waals surface area (Å²) in [6.07, 6.45) is 2.80. The molecule has 168 valence electrons. The minimum Gasteiger partial charge on any atom is -0.390 e. The van der Waals surface area contributed by atoms with Gasteiger partial charge in [-0.05, 0) is 37.3 Å². The van der Waals surface area contributed by atoms with Gasteiger partial charge in [-0.15, -0.1) is 0 Å². The van der Waals surface area contributed by atoms with Crippen molar-refractivity contribution in [3.8, 4) is 0 Å². The molecule has 0 aromatic heterocycles. The molecule has 7 heteroatoms. The summed E-state index contributed by atoms with van der Waals surface area (Å²) >= 11 is 0. The standard InChI is InChI=1S/C23H39N5O2/c1-3-24-23(26-21-9-12-27(13-10-21)14-15-30-2)25-16-22(29)18-28-11-8-19-6-4-5-7-20(19)17-28/h4-7,21-22,29H,3,8-18H2,1-2H3,(H2,24,25,26). The average molecular weight is 418 g/mol. The highest BCUT2D eigenvalue weighted by atomic mass is 16.5. The van der Waals surface area contributed by atoms with E-state index >= 15 is 0 Å². The van der Waals surface area contributed by atoms with E-state index in [-0.39, 0.29) is 0 Å². The molecule has 1 unspecified atom stereocenters. The van der Waals surface area contributed by atoms with Gasteiger partial charge in [-0.1, -0.05) is 24.3 Å². The minimum absolute atomic E-state index is 0.417. The van der Waals surface area contributed by atoms with Crippen LogP contribution in [0.2, 0.25) is 0 Å². The third-order valence-electron chi connectivity index (χ3n) is 6.02. The molecular formula is C23H39N5O2. The van der Waals surface area contributed by atoms with Crippen LogP contribution in [0, 0.1) is 0 Å². The van der Waals surface area contributed by atoms with Crippen molar-refractivity contribution in [2.24, 2.45) is 4.99 Å². The largest absolute Gasteiger partial charge is 0.390 e. The van der Waals surface area contributed by atoms with Crippen LogP contribution < -0.4 is 10.6 Å². The van der Waals surface area contributed by atoms with Crippen molar-refractivity contribution in [1.82, 2.24) is 20.4 Å². The maximum absolute atomic E-state index is 10.6. The fourth-order valence-corrected chi connectivity index (χ4v) is 4.30. The molecule has 0 saturated carbocycles. The molecule has 1 aromatic carbocycles. The molecule has 7 nitrogen and oxygen atoms in total. The normalized spacial score (nSPS) is 20.0. The monoisotopic (exact) mass is 417 g/mol. The third-order valence-corrected chi connectivity index (χ3v) is 6.02. The van der Waals surface area contributed by atoms with Gasteiger partial charge in [0.25, 0.3) is 0 Å². The van der Waals surface area contributed by atoms with E-state index in [1.165, 1.54) is 11.1 Å². The van der Waals surface area contributed by atoms with Crippen LogP contribution in [0.25, 0.3) is 0 Å². The maximum atomic E-state index is 10.6. The van der Waals surface area contributed by atoms with Crippen LogP contribution in [0.5, 0.6) is 0 Å². The van der Waals surface area contributed by atoms with Gasteiger partial charge in [0, 0.05) is 59.0 Å². The van der Waals surface area contributed by atoms with Crippen LogP contribution in [0.1, 0.15) is 30.9 Å². The van der Waals surface area contributed by atoms with Crippen molar-refractivity contribution in [2.75, 3.05) is 59.5 Å². The number of ether oxygens (including phenoxy) is 1. The Bertz CT molecular complexity index is 661. The summed E-state index contributed by atoms with van der Waals surface area (Å²) in [6.45, 7) is 9.85. The molecule has 0 radical (unpaired) electrons. The second kappa shape index (κ2) is 12.2. The van der Waals surface area contributed by atoms with E-state index in [9.17, 15) is 5.11 Å². The highest BCUT2D eigenvalue weighted by Gasteiger charge is 2.21. The molecule has 30 heavy (non-hydrogen) atoms. The lowest BCUT2D eigenvalue weighted by Gasteiger charge is -2.33. The number of piperidine rings is 1. The van der Waals surface area contributed by atoms with E-state index in [1.54, 1.807) is 7.11 Å². The van der Waals surface area contributed by atoms with Gasteiger partial charge < -0.3 is 25.4 Å². The first-order chi connectivity index (χ1) is 14.7. The summed E-state index contributed by atoms with van der Waals surface area (Å²) in [5, 5.41) is 17.5. The Morgan fingerprint density at radius 3 is 2.70 bits per heavy atom. The van der Waals surface area contributed by atoms with Crippen LogP contribution >= 0.6 is 0 Å². The average Bonchev–Trinajstić information content (AvgIpc) is 2.77. The summed E-state index contributed by atoms with van der Waals surface area (Å²) in [5.41, 5.74) is 2.82. The number of hydrogen-bond acceptors (Lipinski definition) is 5. The SMILES string of the molecule is CCNC(=NCC(O)CN1CCc2ccccc2C1)NC1CCN(CCOC)CC1. The summed E-state index contributed by atoms with van der Waals surface area (Å²) in [6, 6.07) is 9.04. The number of aliphatic hydroxyl groups is 1. The van der Waals surface area contributed by atoms with Gasteiger partial charge in [-0.3, -0.25) is 9.89 Å². The molecule has 1 fully saturated rings. The quantitative estimate of drug-likeness (QED) is 0.412. The molecule has 3 N–H and O–H groups in total. The Hall–Kier alpha value is -1.67. The Labute approximate surface area is 181 Å². The first kappa shape index (κ1) is 23.0. The topological polar surface area (TPSA) is 72.4 Å². The van der Waals surface area contributed by atoms with Gasteiger partial charge >= 0.3 is 0 Å². The van der Waals surface area contributed by atoms with Crippen LogP contribution in [0.15, 0.2) is 29.3 Å². The molecular weight excluding hydrogens is 378 g/mol. The predicted octanol–water partition coefficient (Wildman–Crippen LogP) is 1.07. The zero-order valence-corrected chi connectivity index (χ0v) is 18.6. The smallest absolute Gasteiger partial charge is 0.191 e. The lowest BCUT2D eigenvalue weighted by molar-refractivity contribution is 0.111. The van der Waals surface area contributed by atoms with Gasteiger partial charge in [-0.25, -0.2) is 0 Å². The van der Waals surface area contributed by atoms with Crippen molar-refractivity contribution in [1.29, 1.82) is 0 Å². The number of nitrogens with zero attached hydrogens (tertiary/aromatic N) is 3. The summed E-state index contributed by atoms with van der Waals surface area (Å²) < 4.78 is 5.18. The molecule has 0 spiro atoms. The third kappa shape index (κ3) is 7.23. The maximum Gasteiger partial charge on any atom is 0.191 e. The Balaban J connectivity index is 1.43. The fraction of sp³-hybridized carbons (Fsp3) is 0.696. The molecule has 0 aliphatic carbocycles. The van der Waals surface area contributed by atoms with Gasteiger partial charge in [0.2, 0.25) is 0 Å². The molecule has 2 heterocycles. The van der Waals surface area contributed by atoms with E-state index in [4.69, 9.17) is 4.74 Å². The number of β-amino-alcohol motifs (C(OH)–C–C–N with tert-alkyl or cyclic N) is 1. The van der Waals surface area contributed by atoms with Gasteiger partial charge in [0.15, 0.2) is 5.96 Å². The molecule has 2 aliphatic heterocycles. The molecule has 2 aliphatic rings. The number of fused-ring (bicyclic) bond motifs is 1. The zero-order valence-electron chi connectivity index (χ0n) is 18.6. The number of likely N-dealkylation sites (tertiary alicyclic amines) is 1. The fourth-order valence-electron chi connectivity index (χ4n) is 4.30. The van der Waals surface area contributed by atoms with Crippen molar-refractivity contribution >= 4 is 5.96 Å². The number of aliphatic imine (C=N–C) groups is 1. The number of aliphatic hydroxyl groups excluding tert-OH is 1. The van der Waals surface area contributed by atoms with Crippen molar-refractivity contribution < 1.29 is 9.84 Å². The van der Waals surface area contributed by atoms with E-state index in [0.29, 0.717) is 19.1 Å².